The topological polar surface area (TPSA) is 243 Å². The fraction of sp³-hybridized carbons (Fsp3) is 0.222. The third-order valence-corrected chi connectivity index (χ3v) is 4.83. The van der Waals surface area contributed by atoms with Crippen molar-refractivity contribution in [3.05, 3.63) is 87.2 Å². The van der Waals surface area contributed by atoms with Crippen LogP contribution in [-0.4, -0.2) is 53.6 Å². The highest BCUT2D eigenvalue weighted by Crippen LogP contribution is 1.98. The summed E-state index contributed by atoms with van der Waals surface area (Å²) in [5.41, 5.74) is -1.68. The number of aromatic amines is 4. The number of hydrogen-bond donors (Lipinski definition) is 4. The van der Waals surface area contributed by atoms with Gasteiger partial charge in [-0.05, 0) is 0 Å². The third kappa shape index (κ3) is 4.87. The molecule has 0 amide bonds. The van der Waals surface area contributed by atoms with E-state index in [1.807, 2.05) is 4.98 Å². The van der Waals surface area contributed by atoms with Gasteiger partial charge in [0.2, 0.25) is 5.82 Å². The summed E-state index contributed by atoms with van der Waals surface area (Å²) in [7, 11) is 6.02. The zero-order valence-corrected chi connectivity index (χ0v) is 19.2. The molecule has 17 nitrogen and oxygen atoms in total. The minimum absolute atomic E-state index is 0. The molecule has 0 saturated heterocycles. The lowest BCUT2D eigenvalue weighted by molar-refractivity contribution is 0.597. The van der Waals surface area contributed by atoms with Gasteiger partial charge in [-0.1, -0.05) is 0 Å². The van der Waals surface area contributed by atoms with Crippen LogP contribution in [0, 0.1) is 5.82 Å². The first-order valence-corrected chi connectivity index (χ1v) is 9.61. The molecule has 0 atom stereocenters. The molecule has 6 N–H and O–H groups in total. The van der Waals surface area contributed by atoms with Gasteiger partial charge in [0, 0.05) is 34.4 Å². The Balaban J connectivity index is 0.000000191. The van der Waals surface area contributed by atoms with Crippen LogP contribution < -0.4 is 33.7 Å². The first kappa shape index (κ1) is 27.1. The number of halogens is 1. The number of nitrogens with zero attached hydrogens (tertiary/aromatic N) is 6. The summed E-state index contributed by atoms with van der Waals surface area (Å²) in [5.74, 6) is -0.991. The summed E-state index contributed by atoms with van der Waals surface area (Å²) in [6, 6.07) is 0. The van der Waals surface area contributed by atoms with Crippen molar-refractivity contribution in [3.63, 3.8) is 0 Å². The largest absolute Gasteiger partial charge is 0.412 e. The average Bonchev–Trinajstić information content (AvgIpc) is 3.52. The van der Waals surface area contributed by atoms with Crippen LogP contribution in [0.4, 0.5) is 4.39 Å². The molecular weight excluding hydrogens is 487 g/mol. The lowest BCUT2D eigenvalue weighted by atomic mass is 10.5. The SMILES string of the molecule is Cn1c(=O)c2[nH]cnc2n(C)c1=O.Cn1c(=O)c2[nH]cnc2n(C)c1=O.O.O=c1[nH]cc(F)c(=O)[nH]1. The monoisotopic (exact) mass is 508 g/mol. The summed E-state index contributed by atoms with van der Waals surface area (Å²) in [6.07, 6.45) is 3.50. The van der Waals surface area contributed by atoms with Crippen LogP contribution in [0.25, 0.3) is 22.3 Å². The van der Waals surface area contributed by atoms with E-state index >= 15 is 0 Å². The molecule has 18 heteroatoms. The number of nitrogens with one attached hydrogen (secondary N) is 4. The average molecular weight is 508 g/mol. The highest BCUT2D eigenvalue weighted by atomic mass is 19.1. The van der Waals surface area contributed by atoms with Crippen molar-refractivity contribution in [1.29, 1.82) is 0 Å². The molecular formula is C18H21FN10O7. The molecule has 5 aromatic heterocycles. The number of fused-ring (bicyclic) bond motifs is 2. The summed E-state index contributed by atoms with van der Waals surface area (Å²) in [4.78, 5) is 82.8. The predicted octanol–water partition coefficient (Wildman–Crippen LogP) is -3.70. The Morgan fingerprint density at radius 3 is 1.47 bits per heavy atom. The van der Waals surface area contributed by atoms with E-state index in [2.05, 4.69) is 19.9 Å². The predicted molar refractivity (Wildman–Crippen MR) is 124 cm³/mol. The Bertz CT molecular complexity index is 1790. The Morgan fingerprint density at radius 1 is 0.694 bits per heavy atom. The lowest BCUT2D eigenvalue weighted by Crippen LogP contribution is -2.36. The van der Waals surface area contributed by atoms with Crippen LogP contribution in [-0.2, 0) is 28.2 Å². The highest BCUT2D eigenvalue weighted by Gasteiger charge is 2.10. The fourth-order valence-corrected chi connectivity index (χ4v) is 2.93. The summed E-state index contributed by atoms with van der Waals surface area (Å²) in [6.45, 7) is 0. The van der Waals surface area contributed by atoms with Gasteiger partial charge in [-0.15, -0.1) is 0 Å². The second kappa shape index (κ2) is 10.4. The van der Waals surface area contributed by atoms with Crippen molar-refractivity contribution in [3.8, 4) is 0 Å². The number of imidazole rings is 2. The van der Waals surface area contributed by atoms with Crippen molar-refractivity contribution in [1.82, 2.24) is 48.2 Å². The van der Waals surface area contributed by atoms with E-state index in [1.54, 1.807) is 19.1 Å². The van der Waals surface area contributed by atoms with Crippen LogP contribution in [0.3, 0.4) is 0 Å². The maximum absolute atomic E-state index is 12.0. The maximum atomic E-state index is 12.0. The van der Waals surface area contributed by atoms with Gasteiger partial charge in [-0.25, -0.2) is 24.4 Å². The van der Waals surface area contributed by atoms with Crippen LogP contribution in [0.1, 0.15) is 0 Å². The molecule has 5 rings (SSSR count). The molecule has 0 fully saturated rings. The van der Waals surface area contributed by atoms with Crippen molar-refractivity contribution in [2.75, 3.05) is 0 Å². The number of aryl methyl sites for hydroxylation is 2. The Kier molecular flexibility index (Phi) is 7.85. The van der Waals surface area contributed by atoms with Crippen molar-refractivity contribution in [2.24, 2.45) is 28.2 Å². The Labute approximate surface area is 196 Å². The quantitative estimate of drug-likeness (QED) is 0.162. The van der Waals surface area contributed by atoms with Gasteiger partial charge in [0.15, 0.2) is 11.3 Å². The lowest BCUT2D eigenvalue weighted by Gasteiger charge is -2.00. The molecule has 0 aliphatic rings. The zero-order valence-electron chi connectivity index (χ0n) is 19.2. The molecule has 5 aromatic rings. The summed E-state index contributed by atoms with van der Waals surface area (Å²) in [5, 5.41) is 0. The van der Waals surface area contributed by atoms with E-state index in [9.17, 15) is 33.2 Å². The molecule has 0 aliphatic heterocycles. The molecule has 0 aliphatic carbocycles. The molecule has 0 aromatic carbocycles. The standard InChI is InChI=1S/2C7H8N4O2.C4H3FN2O2.H2O/c2*1-10-5-4(8-3-9-5)6(12)11(2)7(10)13;5-2-1-6-4(9)7-3(2)8;/h2*3H,1-2H3,(H,8,9);1H,(H2,6,7,8,9);1H2. The van der Waals surface area contributed by atoms with E-state index in [0.29, 0.717) is 28.5 Å². The molecule has 0 bridgehead atoms. The highest BCUT2D eigenvalue weighted by molar-refractivity contribution is 5.69. The molecule has 0 radical (unpaired) electrons. The van der Waals surface area contributed by atoms with Crippen molar-refractivity contribution < 1.29 is 9.87 Å². The van der Waals surface area contributed by atoms with Crippen LogP contribution in [0.5, 0.6) is 0 Å². The second-order valence-electron chi connectivity index (χ2n) is 7.03. The number of rotatable bonds is 0. The maximum Gasteiger partial charge on any atom is 0.332 e. The van der Waals surface area contributed by atoms with Crippen molar-refractivity contribution >= 4 is 22.3 Å². The smallest absolute Gasteiger partial charge is 0.332 e. The Morgan fingerprint density at radius 2 is 1.11 bits per heavy atom. The van der Waals surface area contributed by atoms with E-state index in [4.69, 9.17) is 0 Å². The summed E-state index contributed by atoms with van der Waals surface area (Å²) < 4.78 is 16.7. The molecule has 192 valence electrons. The first-order chi connectivity index (χ1) is 16.5. The van der Waals surface area contributed by atoms with E-state index in [1.165, 1.54) is 35.9 Å². The van der Waals surface area contributed by atoms with E-state index in [-0.39, 0.29) is 28.0 Å². The molecule has 36 heavy (non-hydrogen) atoms. The van der Waals surface area contributed by atoms with Gasteiger partial charge in [-0.2, -0.15) is 4.39 Å². The zero-order chi connectivity index (χ0) is 26.0. The van der Waals surface area contributed by atoms with Gasteiger partial charge in [-0.3, -0.25) is 37.6 Å². The van der Waals surface area contributed by atoms with Gasteiger partial charge in [0.1, 0.15) is 11.0 Å². The summed E-state index contributed by atoms with van der Waals surface area (Å²) >= 11 is 0. The molecule has 0 unspecified atom stereocenters. The first-order valence-electron chi connectivity index (χ1n) is 9.61. The van der Waals surface area contributed by atoms with Gasteiger partial charge < -0.3 is 20.4 Å². The second-order valence-corrected chi connectivity index (χ2v) is 7.03. The van der Waals surface area contributed by atoms with Crippen LogP contribution in [0.15, 0.2) is 47.6 Å². The minimum Gasteiger partial charge on any atom is -0.412 e. The third-order valence-electron chi connectivity index (χ3n) is 4.83. The van der Waals surface area contributed by atoms with Gasteiger partial charge in [0.25, 0.3) is 16.7 Å². The molecule has 0 saturated carbocycles. The van der Waals surface area contributed by atoms with Crippen LogP contribution >= 0.6 is 0 Å². The number of hydrogen-bond acceptors (Lipinski definition) is 8. The Hall–Kier alpha value is -5.13. The normalized spacial score (nSPS) is 10.2. The van der Waals surface area contributed by atoms with Gasteiger partial charge in [0.05, 0.1) is 12.7 Å². The number of H-pyrrole nitrogens is 4. The van der Waals surface area contributed by atoms with Gasteiger partial charge >= 0.3 is 17.1 Å². The van der Waals surface area contributed by atoms with E-state index in [0.717, 1.165) is 9.13 Å². The molecule has 5 heterocycles. The van der Waals surface area contributed by atoms with Crippen LogP contribution in [0.2, 0.25) is 0 Å². The molecule has 0 spiro atoms. The fourth-order valence-electron chi connectivity index (χ4n) is 2.93. The van der Waals surface area contributed by atoms with Crippen molar-refractivity contribution in [2.45, 2.75) is 0 Å². The minimum atomic E-state index is -1.00. The van der Waals surface area contributed by atoms with E-state index < -0.39 is 17.1 Å². The number of aromatic nitrogens is 10.